The van der Waals surface area contributed by atoms with Crippen LogP contribution in [0, 0.1) is 11.2 Å². The predicted molar refractivity (Wildman–Crippen MR) is 87.5 cm³/mol. The van der Waals surface area contributed by atoms with Gasteiger partial charge in [-0.05, 0) is 33.0 Å². The third-order valence-corrected chi connectivity index (χ3v) is 4.80. The lowest BCUT2D eigenvalue weighted by atomic mass is 9.79. The van der Waals surface area contributed by atoms with Gasteiger partial charge < -0.3 is 4.90 Å². The first-order chi connectivity index (χ1) is 10.8. The second-order valence-electron chi connectivity index (χ2n) is 6.66. The minimum atomic E-state index is -0.605. The number of aromatic nitrogens is 3. The van der Waals surface area contributed by atoms with E-state index in [4.69, 9.17) is 0 Å². The molecule has 0 aliphatic carbocycles. The molecule has 3 rings (SSSR count). The highest BCUT2D eigenvalue weighted by atomic mass is 79.9. The van der Waals surface area contributed by atoms with Crippen LogP contribution in [0.25, 0.3) is 0 Å². The highest BCUT2D eigenvalue weighted by Gasteiger charge is 2.43. The second-order valence-corrected chi connectivity index (χ2v) is 7.57. The number of carbonyl (C=O) groups is 1. The van der Waals surface area contributed by atoms with E-state index in [-0.39, 0.29) is 22.9 Å². The van der Waals surface area contributed by atoms with E-state index >= 15 is 0 Å². The van der Waals surface area contributed by atoms with Gasteiger partial charge in [-0.2, -0.15) is 5.10 Å². The fraction of sp³-hybridized carbons (Fsp3) is 0.438. The second kappa shape index (κ2) is 5.70. The molecule has 1 amide bonds. The van der Waals surface area contributed by atoms with Gasteiger partial charge in [0, 0.05) is 42.9 Å². The van der Waals surface area contributed by atoms with Crippen LogP contribution in [0.5, 0.6) is 0 Å². The summed E-state index contributed by atoms with van der Waals surface area (Å²) in [5.41, 5.74) is 0.859. The fourth-order valence-electron chi connectivity index (χ4n) is 3.19. The van der Waals surface area contributed by atoms with Gasteiger partial charge in [0.25, 0.3) is 5.91 Å². The monoisotopic (exact) mass is 380 g/mol. The van der Waals surface area contributed by atoms with Crippen LogP contribution in [-0.4, -0.2) is 38.7 Å². The maximum Gasteiger partial charge on any atom is 0.275 e. The summed E-state index contributed by atoms with van der Waals surface area (Å²) in [5.74, 6) is -0.805. The zero-order valence-corrected chi connectivity index (χ0v) is 14.8. The minimum absolute atomic E-state index is 0.107. The van der Waals surface area contributed by atoms with Crippen LogP contribution >= 0.6 is 15.9 Å². The van der Waals surface area contributed by atoms with Crippen molar-refractivity contribution in [2.75, 3.05) is 13.1 Å². The molecule has 23 heavy (non-hydrogen) atoms. The standard InChI is InChI=1S/C16H18BrFN4O/c1-16(2)9-22(8-12(16)10-5-20-21(3)7-10)15(23)14-13(18)4-11(17)6-19-14/h4-7,12H,8-9H2,1-3H3. The molecule has 122 valence electrons. The van der Waals surface area contributed by atoms with Crippen LogP contribution in [0.15, 0.2) is 29.1 Å². The highest BCUT2D eigenvalue weighted by molar-refractivity contribution is 9.10. The topological polar surface area (TPSA) is 51.0 Å². The number of aryl methyl sites for hydroxylation is 1. The molecule has 1 aliphatic heterocycles. The third kappa shape index (κ3) is 3.02. The van der Waals surface area contributed by atoms with Gasteiger partial charge in [0.2, 0.25) is 0 Å². The van der Waals surface area contributed by atoms with Crippen molar-refractivity contribution in [1.82, 2.24) is 19.7 Å². The van der Waals surface area contributed by atoms with Crippen LogP contribution in [0.1, 0.15) is 35.8 Å². The Bertz CT molecular complexity index is 758. The van der Waals surface area contributed by atoms with Gasteiger partial charge in [0.05, 0.1) is 6.20 Å². The van der Waals surface area contributed by atoms with Crippen molar-refractivity contribution in [3.05, 3.63) is 46.2 Å². The molecule has 0 N–H and O–H groups in total. The largest absolute Gasteiger partial charge is 0.336 e. The lowest BCUT2D eigenvalue weighted by molar-refractivity contribution is 0.0767. The molecule has 0 aromatic carbocycles. The molecule has 0 spiro atoms. The number of hydrogen-bond donors (Lipinski definition) is 0. The van der Waals surface area contributed by atoms with Gasteiger partial charge in [-0.25, -0.2) is 9.37 Å². The molecule has 1 saturated heterocycles. The Labute approximate surface area is 142 Å². The van der Waals surface area contributed by atoms with Crippen LogP contribution in [-0.2, 0) is 7.05 Å². The van der Waals surface area contributed by atoms with E-state index in [1.165, 1.54) is 12.3 Å². The molecule has 1 fully saturated rings. The van der Waals surface area contributed by atoms with Crippen molar-refractivity contribution >= 4 is 21.8 Å². The zero-order chi connectivity index (χ0) is 16.8. The summed E-state index contributed by atoms with van der Waals surface area (Å²) in [6, 6.07) is 1.26. The molecule has 2 aromatic heterocycles. The number of nitrogens with zero attached hydrogens (tertiary/aromatic N) is 4. The number of hydrogen-bond acceptors (Lipinski definition) is 3. The smallest absolute Gasteiger partial charge is 0.275 e. The van der Waals surface area contributed by atoms with E-state index in [1.807, 2.05) is 19.4 Å². The number of amides is 1. The van der Waals surface area contributed by atoms with Gasteiger partial charge in [0.1, 0.15) is 0 Å². The summed E-state index contributed by atoms with van der Waals surface area (Å²) < 4.78 is 16.3. The molecule has 2 aromatic rings. The summed E-state index contributed by atoms with van der Waals surface area (Å²) in [6.07, 6.45) is 5.24. The molecule has 3 heterocycles. The number of likely N-dealkylation sites (tertiary alicyclic amines) is 1. The van der Waals surface area contributed by atoms with Crippen molar-refractivity contribution in [3.63, 3.8) is 0 Å². The van der Waals surface area contributed by atoms with Crippen molar-refractivity contribution in [1.29, 1.82) is 0 Å². The van der Waals surface area contributed by atoms with Crippen molar-refractivity contribution < 1.29 is 9.18 Å². The molecule has 7 heteroatoms. The number of carbonyl (C=O) groups excluding carboxylic acids is 1. The van der Waals surface area contributed by atoms with E-state index in [9.17, 15) is 9.18 Å². The van der Waals surface area contributed by atoms with Crippen LogP contribution < -0.4 is 0 Å². The summed E-state index contributed by atoms with van der Waals surface area (Å²) in [6.45, 7) is 5.32. The van der Waals surface area contributed by atoms with Crippen molar-refractivity contribution in [3.8, 4) is 0 Å². The van der Waals surface area contributed by atoms with Gasteiger partial charge >= 0.3 is 0 Å². The summed E-state index contributed by atoms with van der Waals surface area (Å²) in [5, 5.41) is 4.21. The third-order valence-electron chi connectivity index (χ3n) is 4.37. The number of rotatable bonds is 2. The molecule has 5 nitrogen and oxygen atoms in total. The average Bonchev–Trinajstić information content (AvgIpc) is 3.01. The van der Waals surface area contributed by atoms with E-state index in [1.54, 1.807) is 9.58 Å². The average molecular weight is 381 g/mol. The van der Waals surface area contributed by atoms with Crippen molar-refractivity contribution in [2.24, 2.45) is 12.5 Å². The van der Waals surface area contributed by atoms with E-state index in [0.717, 1.165) is 5.56 Å². The first-order valence-electron chi connectivity index (χ1n) is 7.37. The SMILES string of the molecule is Cn1cc(C2CN(C(=O)c3ncc(Br)cc3F)CC2(C)C)cn1. The van der Waals surface area contributed by atoms with E-state index in [2.05, 4.69) is 39.9 Å². The Kier molecular flexibility index (Phi) is 4.00. The summed E-state index contributed by atoms with van der Waals surface area (Å²) in [7, 11) is 1.87. The van der Waals surface area contributed by atoms with Crippen molar-refractivity contribution in [2.45, 2.75) is 19.8 Å². The lowest BCUT2D eigenvalue weighted by Gasteiger charge is -2.24. The molecule has 0 bridgehead atoms. The Morgan fingerprint density at radius 3 is 2.78 bits per heavy atom. The molecule has 1 atom stereocenters. The zero-order valence-electron chi connectivity index (χ0n) is 13.3. The maximum absolute atomic E-state index is 14.0. The van der Waals surface area contributed by atoms with Crippen LogP contribution in [0.4, 0.5) is 4.39 Å². The molecule has 1 aliphatic rings. The van der Waals surface area contributed by atoms with Gasteiger partial charge in [-0.1, -0.05) is 13.8 Å². The molecule has 0 radical (unpaired) electrons. The van der Waals surface area contributed by atoms with Crippen LogP contribution in [0.2, 0.25) is 0 Å². The molecular formula is C16H18BrFN4O. The highest BCUT2D eigenvalue weighted by Crippen LogP contribution is 2.42. The van der Waals surface area contributed by atoms with Crippen LogP contribution in [0.3, 0.4) is 0 Å². The maximum atomic E-state index is 14.0. The summed E-state index contributed by atoms with van der Waals surface area (Å²) in [4.78, 5) is 18.3. The molecule has 0 saturated carbocycles. The van der Waals surface area contributed by atoms with Gasteiger partial charge in [-0.15, -0.1) is 0 Å². The normalized spacial score (nSPS) is 20.0. The van der Waals surface area contributed by atoms with Gasteiger partial charge in [0.15, 0.2) is 11.5 Å². The Balaban J connectivity index is 1.86. The Morgan fingerprint density at radius 2 is 2.17 bits per heavy atom. The lowest BCUT2D eigenvalue weighted by Crippen LogP contribution is -2.31. The first-order valence-corrected chi connectivity index (χ1v) is 8.16. The Morgan fingerprint density at radius 1 is 1.43 bits per heavy atom. The Hall–Kier alpha value is -1.76. The fourth-order valence-corrected chi connectivity index (χ4v) is 3.49. The first kappa shape index (κ1) is 16.1. The predicted octanol–water partition coefficient (Wildman–Crippen LogP) is 2.98. The van der Waals surface area contributed by atoms with E-state index < -0.39 is 5.82 Å². The number of pyridine rings is 1. The number of halogens is 2. The molecular weight excluding hydrogens is 363 g/mol. The molecule has 1 unspecified atom stereocenters. The van der Waals surface area contributed by atoms with E-state index in [0.29, 0.717) is 17.6 Å². The van der Waals surface area contributed by atoms with Gasteiger partial charge in [-0.3, -0.25) is 9.48 Å². The quantitative estimate of drug-likeness (QED) is 0.804. The minimum Gasteiger partial charge on any atom is -0.336 e. The summed E-state index contributed by atoms with van der Waals surface area (Å²) >= 11 is 3.15.